The van der Waals surface area contributed by atoms with Crippen LogP contribution in [0.15, 0.2) is 0 Å². The van der Waals surface area contributed by atoms with Crippen LogP contribution < -0.4 is 0 Å². The highest BCUT2D eigenvalue weighted by Gasteiger charge is 2.13. The van der Waals surface area contributed by atoms with Crippen LogP contribution in [0.5, 0.6) is 0 Å². The third-order valence-electron chi connectivity index (χ3n) is 1.69. The third-order valence-corrected chi connectivity index (χ3v) is 2.86. The van der Waals surface area contributed by atoms with Crippen molar-refractivity contribution in [3.05, 3.63) is 0 Å². The van der Waals surface area contributed by atoms with Gasteiger partial charge in [-0.05, 0) is 29.8 Å². The Bertz CT molecular complexity index is 79.3. The largest absolute Gasteiger partial charge is 0.179 e. The minimum Gasteiger partial charge on any atom is -0.179 e. The van der Waals surface area contributed by atoms with Crippen molar-refractivity contribution in [1.82, 2.24) is 0 Å². The molecule has 0 saturated heterocycles. The predicted molar refractivity (Wildman–Crippen MR) is 55.3 cm³/mol. The van der Waals surface area contributed by atoms with Gasteiger partial charge in [0.1, 0.15) is 0 Å². The summed E-state index contributed by atoms with van der Waals surface area (Å²) < 4.78 is 0. The number of rotatable bonds is 5. The van der Waals surface area contributed by atoms with E-state index in [4.69, 9.17) is 0 Å². The maximum absolute atomic E-state index is 4.28. The summed E-state index contributed by atoms with van der Waals surface area (Å²) >= 11 is 8.44. The molecule has 0 fully saturated rings. The Balaban J connectivity index is 3.28. The Labute approximate surface area is 75.6 Å². The lowest BCUT2D eigenvalue weighted by atomic mass is 9.90. The van der Waals surface area contributed by atoms with Gasteiger partial charge >= 0.3 is 0 Å². The molecule has 10 heavy (non-hydrogen) atoms. The third kappa shape index (κ3) is 5.48. The zero-order valence-electron chi connectivity index (χ0n) is 6.93. The van der Waals surface area contributed by atoms with Gasteiger partial charge in [-0.3, -0.25) is 0 Å². The normalized spacial score (nSPS) is 12.0. The molecule has 0 aromatic heterocycles. The van der Waals surface area contributed by atoms with Gasteiger partial charge in [0.05, 0.1) is 0 Å². The molecule has 0 radical (unpaired) electrons. The zero-order valence-corrected chi connectivity index (χ0v) is 8.72. The molecule has 0 aliphatic heterocycles. The smallest absolute Gasteiger partial charge is 0.00464 e. The molecule has 0 rings (SSSR count). The van der Waals surface area contributed by atoms with E-state index in [1.807, 2.05) is 0 Å². The highest BCUT2D eigenvalue weighted by Crippen LogP contribution is 2.24. The number of unbranched alkanes of at least 4 members (excludes halogenated alkanes) is 1. The van der Waals surface area contributed by atoms with Crippen molar-refractivity contribution in [2.45, 2.75) is 33.1 Å². The summed E-state index contributed by atoms with van der Waals surface area (Å²) in [7, 11) is 0. The molecule has 0 aromatic rings. The molecule has 0 bridgehead atoms. The average molecular weight is 178 g/mol. The van der Waals surface area contributed by atoms with Gasteiger partial charge < -0.3 is 0 Å². The van der Waals surface area contributed by atoms with E-state index in [9.17, 15) is 0 Å². The summed E-state index contributed by atoms with van der Waals surface area (Å²) in [6.45, 7) is 4.52. The lowest BCUT2D eigenvalue weighted by Gasteiger charge is -2.21. The highest BCUT2D eigenvalue weighted by atomic mass is 32.1. The summed E-state index contributed by atoms with van der Waals surface area (Å²) in [6, 6.07) is 0. The van der Waals surface area contributed by atoms with Crippen LogP contribution in [0.2, 0.25) is 0 Å². The fraction of sp³-hybridized carbons (Fsp3) is 1.00. The Morgan fingerprint density at radius 1 is 1.10 bits per heavy atom. The minimum absolute atomic E-state index is 0.423. The fourth-order valence-corrected chi connectivity index (χ4v) is 1.18. The molecular formula is C8H18S2. The summed E-state index contributed by atoms with van der Waals surface area (Å²) in [4.78, 5) is 0. The first kappa shape index (κ1) is 10.7. The second-order valence-electron chi connectivity index (χ2n) is 3.50. The number of thiol groups is 2. The van der Waals surface area contributed by atoms with Crippen LogP contribution in [0.3, 0.4) is 0 Å². The molecule has 0 heterocycles. The second kappa shape index (κ2) is 5.36. The van der Waals surface area contributed by atoms with Crippen molar-refractivity contribution < 1.29 is 0 Å². The summed E-state index contributed by atoms with van der Waals surface area (Å²) in [5.41, 5.74) is 0.423. The van der Waals surface area contributed by atoms with Gasteiger partial charge in [0.15, 0.2) is 0 Å². The Morgan fingerprint density at radius 2 is 1.70 bits per heavy atom. The zero-order chi connectivity index (χ0) is 8.04. The van der Waals surface area contributed by atoms with E-state index >= 15 is 0 Å². The molecule has 0 aliphatic rings. The van der Waals surface area contributed by atoms with Crippen molar-refractivity contribution in [1.29, 1.82) is 0 Å². The van der Waals surface area contributed by atoms with Gasteiger partial charge in [0, 0.05) is 0 Å². The molecule has 0 aromatic carbocycles. The van der Waals surface area contributed by atoms with Gasteiger partial charge in [-0.2, -0.15) is 25.3 Å². The Morgan fingerprint density at radius 3 is 2.10 bits per heavy atom. The first-order chi connectivity index (χ1) is 4.62. The van der Waals surface area contributed by atoms with E-state index in [2.05, 4.69) is 39.1 Å². The van der Waals surface area contributed by atoms with Gasteiger partial charge in [-0.1, -0.05) is 20.3 Å². The molecule has 0 nitrogen and oxygen atoms in total. The molecule has 2 heteroatoms. The highest BCUT2D eigenvalue weighted by molar-refractivity contribution is 7.80. The topological polar surface area (TPSA) is 0 Å². The summed E-state index contributed by atoms with van der Waals surface area (Å²) in [5.74, 6) is 2.00. The van der Waals surface area contributed by atoms with Crippen LogP contribution >= 0.6 is 25.3 Å². The fourth-order valence-electron chi connectivity index (χ4n) is 0.794. The maximum atomic E-state index is 4.28. The quantitative estimate of drug-likeness (QED) is 0.469. The van der Waals surface area contributed by atoms with E-state index in [0.29, 0.717) is 5.41 Å². The van der Waals surface area contributed by atoms with Crippen LogP contribution in [0.25, 0.3) is 0 Å². The van der Waals surface area contributed by atoms with Crippen molar-refractivity contribution in [3.63, 3.8) is 0 Å². The average Bonchev–Trinajstić information content (AvgIpc) is 1.89. The monoisotopic (exact) mass is 178 g/mol. The standard InChI is InChI=1S/C8H18S2/c1-8(2,7-10)5-3-4-6-9/h9-10H,3-7H2,1-2H3. The number of hydrogen-bond donors (Lipinski definition) is 2. The van der Waals surface area contributed by atoms with E-state index in [1.165, 1.54) is 19.3 Å². The lowest BCUT2D eigenvalue weighted by molar-refractivity contribution is 0.374. The van der Waals surface area contributed by atoms with E-state index in [-0.39, 0.29) is 0 Å². The van der Waals surface area contributed by atoms with Gasteiger partial charge in [-0.15, -0.1) is 0 Å². The lowest BCUT2D eigenvalue weighted by Crippen LogP contribution is -2.12. The van der Waals surface area contributed by atoms with Gasteiger partial charge in [0.2, 0.25) is 0 Å². The molecule has 0 aliphatic carbocycles. The Hall–Kier alpha value is 0.700. The van der Waals surface area contributed by atoms with E-state index in [0.717, 1.165) is 11.5 Å². The van der Waals surface area contributed by atoms with Crippen molar-refractivity contribution in [3.8, 4) is 0 Å². The van der Waals surface area contributed by atoms with E-state index in [1.54, 1.807) is 0 Å². The van der Waals surface area contributed by atoms with Crippen LogP contribution in [0.4, 0.5) is 0 Å². The second-order valence-corrected chi connectivity index (χ2v) is 4.27. The molecule has 0 saturated carbocycles. The van der Waals surface area contributed by atoms with Crippen molar-refractivity contribution in [2.75, 3.05) is 11.5 Å². The van der Waals surface area contributed by atoms with Crippen LogP contribution in [0, 0.1) is 5.41 Å². The summed E-state index contributed by atoms with van der Waals surface area (Å²) in [5, 5.41) is 0. The molecule has 62 valence electrons. The van der Waals surface area contributed by atoms with Crippen molar-refractivity contribution in [2.24, 2.45) is 5.41 Å². The van der Waals surface area contributed by atoms with Crippen LogP contribution in [0.1, 0.15) is 33.1 Å². The molecule has 0 unspecified atom stereocenters. The molecule has 0 spiro atoms. The minimum atomic E-state index is 0.423. The SMILES string of the molecule is CC(C)(CS)CCCCS. The van der Waals surface area contributed by atoms with Crippen LogP contribution in [-0.4, -0.2) is 11.5 Å². The van der Waals surface area contributed by atoms with Gasteiger partial charge in [0.25, 0.3) is 0 Å². The first-order valence-corrected chi connectivity index (χ1v) is 5.10. The molecule has 0 atom stereocenters. The summed E-state index contributed by atoms with van der Waals surface area (Å²) in [6.07, 6.45) is 3.80. The first-order valence-electron chi connectivity index (χ1n) is 3.84. The van der Waals surface area contributed by atoms with Crippen LogP contribution in [-0.2, 0) is 0 Å². The number of hydrogen-bond acceptors (Lipinski definition) is 2. The molecule has 0 amide bonds. The maximum Gasteiger partial charge on any atom is -0.00464 e. The van der Waals surface area contributed by atoms with Gasteiger partial charge in [-0.25, -0.2) is 0 Å². The Kier molecular flexibility index (Phi) is 5.74. The molecular weight excluding hydrogens is 160 g/mol. The molecule has 0 N–H and O–H groups in total. The van der Waals surface area contributed by atoms with E-state index < -0.39 is 0 Å². The predicted octanol–water partition coefficient (Wildman–Crippen LogP) is 3.04. The van der Waals surface area contributed by atoms with Crippen molar-refractivity contribution >= 4 is 25.3 Å².